The number of hydrogen-bond acceptors (Lipinski definition) is 6. The number of hydrogen-bond donors (Lipinski definition) is 1. The van der Waals surface area contributed by atoms with Crippen LogP contribution < -0.4 is 10.2 Å². The van der Waals surface area contributed by atoms with Gasteiger partial charge in [-0.05, 0) is 17.5 Å². The van der Waals surface area contributed by atoms with E-state index in [1.165, 1.54) is 5.56 Å². The molecule has 1 atom stereocenters. The van der Waals surface area contributed by atoms with Crippen molar-refractivity contribution >= 4 is 22.8 Å². The summed E-state index contributed by atoms with van der Waals surface area (Å²) in [6.45, 7) is 3.60. The van der Waals surface area contributed by atoms with Crippen LogP contribution in [-0.4, -0.2) is 63.3 Å². The van der Waals surface area contributed by atoms with Crippen LogP contribution in [0.4, 0.5) is 5.82 Å². The summed E-state index contributed by atoms with van der Waals surface area (Å²) in [7, 11) is 1.89. The number of carbonyl (C=O) groups excluding carboxylic acids is 1. The third-order valence-corrected chi connectivity index (χ3v) is 6.37. The first kappa shape index (κ1) is 22.0. The zero-order chi connectivity index (χ0) is 23.3. The van der Waals surface area contributed by atoms with Crippen LogP contribution >= 0.6 is 0 Å². The number of fused-ring (bicyclic) bond motifs is 1. The molecule has 0 bridgehead atoms. The monoisotopic (exact) mass is 455 g/mol. The molecule has 1 fully saturated rings. The molecule has 0 saturated carbocycles. The number of anilines is 1. The van der Waals surface area contributed by atoms with Gasteiger partial charge in [-0.2, -0.15) is 5.10 Å². The van der Waals surface area contributed by atoms with Crippen molar-refractivity contribution in [1.29, 1.82) is 0 Å². The molecule has 174 valence electrons. The van der Waals surface area contributed by atoms with E-state index in [9.17, 15) is 4.79 Å². The van der Waals surface area contributed by atoms with Crippen LogP contribution in [0.15, 0.2) is 73.2 Å². The number of rotatable bonds is 7. The molecule has 2 aromatic carbocycles. The van der Waals surface area contributed by atoms with Gasteiger partial charge in [-0.25, -0.2) is 9.97 Å². The molecule has 1 saturated heterocycles. The molecular weight excluding hydrogens is 426 g/mol. The van der Waals surface area contributed by atoms with Gasteiger partial charge in [-0.1, -0.05) is 60.7 Å². The Kier molecular flexibility index (Phi) is 6.49. The van der Waals surface area contributed by atoms with Crippen molar-refractivity contribution in [3.63, 3.8) is 0 Å². The maximum absolute atomic E-state index is 13.0. The molecule has 8 nitrogen and oxygen atoms in total. The molecule has 1 aliphatic rings. The Morgan fingerprint density at radius 3 is 2.41 bits per heavy atom. The molecule has 0 spiro atoms. The molecule has 3 heterocycles. The van der Waals surface area contributed by atoms with Crippen LogP contribution in [0, 0.1) is 0 Å². The van der Waals surface area contributed by atoms with Gasteiger partial charge >= 0.3 is 0 Å². The molecule has 0 aliphatic carbocycles. The van der Waals surface area contributed by atoms with Crippen molar-refractivity contribution in [3.05, 3.63) is 84.3 Å². The maximum Gasteiger partial charge on any atom is 0.234 e. The lowest BCUT2D eigenvalue weighted by atomic mass is 9.99. The van der Waals surface area contributed by atoms with Gasteiger partial charge in [0.15, 0.2) is 5.65 Å². The van der Waals surface area contributed by atoms with E-state index in [4.69, 9.17) is 0 Å². The predicted octanol–water partition coefficient (Wildman–Crippen LogP) is 2.59. The van der Waals surface area contributed by atoms with Gasteiger partial charge in [0.05, 0.1) is 24.2 Å². The number of nitrogens with one attached hydrogen (secondary N) is 1. The molecular formula is C26H29N7O. The second-order valence-corrected chi connectivity index (χ2v) is 8.69. The Bertz CT molecular complexity index is 1230. The largest absolute Gasteiger partial charge is 0.353 e. The van der Waals surface area contributed by atoms with Gasteiger partial charge in [-0.3, -0.25) is 14.4 Å². The number of amides is 1. The fourth-order valence-electron chi connectivity index (χ4n) is 4.55. The van der Waals surface area contributed by atoms with Crippen LogP contribution in [0.25, 0.3) is 11.0 Å². The first-order chi connectivity index (χ1) is 16.7. The lowest BCUT2D eigenvalue weighted by Crippen LogP contribution is -2.50. The number of nitrogens with zero attached hydrogens (tertiary/aromatic N) is 6. The van der Waals surface area contributed by atoms with E-state index in [0.29, 0.717) is 6.54 Å². The Balaban J connectivity index is 1.20. The maximum atomic E-state index is 13.0. The van der Waals surface area contributed by atoms with Crippen LogP contribution in [0.1, 0.15) is 17.2 Å². The Morgan fingerprint density at radius 2 is 1.68 bits per heavy atom. The molecule has 1 amide bonds. The van der Waals surface area contributed by atoms with E-state index in [1.54, 1.807) is 11.0 Å². The summed E-state index contributed by atoms with van der Waals surface area (Å²) in [4.78, 5) is 26.3. The second-order valence-electron chi connectivity index (χ2n) is 8.69. The summed E-state index contributed by atoms with van der Waals surface area (Å²) in [5, 5.41) is 8.55. The van der Waals surface area contributed by atoms with Crippen molar-refractivity contribution < 1.29 is 4.79 Å². The number of aryl methyl sites for hydroxylation is 1. The Morgan fingerprint density at radius 1 is 0.971 bits per heavy atom. The second kappa shape index (κ2) is 10.0. The fraction of sp³-hybridized carbons (Fsp3) is 0.308. The van der Waals surface area contributed by atoms with Crippen LogP contribution in [0.5, 0.6) is 0 Å². The van der Waals surface area contributed by atoms with Gasteiger partial charge in [-0.15, -0.1) is 0 Å². The summed E-state index contributed by atoms with van der Waals surface area (Å²) >= 11 is 0. The zero-order valence-electron chi connectivity index (χ0n) is 19.3. The normalized spacial score (nSPS) is 15.4. The molecule has 5 rings (SSSR count). The van der Waals surface area contributed by atoms with Crippen molar-refractivity contribution in [2.24, 2.45) is 7.05 Å². The molecule has 0 radical (unpaired) electrons. The smallest absolute Gasteiger partial charge is 0.234 e. The lowest BCUT2D eigenvalue weighted by molar-refractivity contribution is -0.123. The minimum absolute atomic E-state index is 0.0509. The minimum atomic E-state index is -0.0581. The highest BCUT2D eigenvalue weighted by atomic mass is 16.2. The van der Waals surface area contributed by atoms with Crippen molar-refractivity contribution in [3.8, 4) is 0 Å². The van der Waals surface area contributed by atoms with Gasteiger partial charge in [0.2, 0.25) is 5.91 Å². The molecule has 1 unspecified atom stereocenters. The van der Waals surface area contributed by atoms with Crippen molar-refractivity contribution in [2.75, 3.05) is 37.6 Å². The summed E-state index contributed by atoms with van der Waals surface area (Å²) in [5.41, 5.74) is 3.16. The van der Waals surface area contributed by atoms with Gasteiger partial charge in [0.1, 0.15) is 12.1 Å². The molecule has 1 N–H and O–H groups in total. The van der Waals surface area contributed by atoms with Gasteiger partial charge in [0, 0.05) is 33.2 Å². The summed E-state index contributed by atoms with van der Waals surface area (Å²) in [6.07, 6.45) is 4.18. The highest BCUT2D eigenvalue weighted by Gasteiger charge is 2.23. The van der Waals surface area contributed by atoms with E-state index in [0.717, 1.165) is 55.0 Å². The Labute approximate surface area is 199 Å². The fourth-order valence-corrected chi connectivity index (χ4v) is 4.55. The topological polar surface area (TPSA) is 79.2 Å². The third kappa shape index (κ3) is 4.92. The van der Waals surface area contributed by atoms with E-state index in [-0.39, 0.29) is 11.9 Å². The zero-order valence-corrected chi connectivity index (χ0v) is 19.3. The Hall–Kier alpha value is -3.78. The summed E-state index contributed by atoms with van der Waals surface area (Å²) in [5.74, 6) is 0.962. The molecule has 2 aromatic heterocycles. The first-order valence-electron chi connectivity index (χ1n) is 11.7. The molecule has 1 aliphatic heterocycles. The van der Waals surface area contributed by atoms with Crippen molar-refractivity contribution in [1.82, 2.24) is 30.0 Å². The van der Waals surface area contributed by atoms with E-state index >= 15 is 0 Å². The van der Waals surface area contributed by atoms with E-state index in [1.807, 2.05) is 49.6 Å². The van der Waals surface area contributed by atoms with Crippen LogP contribution in [-0.2, 0) is 18.3 Å². The van der Waals surface area contributed by atoms with E-state index in [2.05, 4.69) is 54.4 Å². The highest BCUT2D eigenvalue weighted by molar-refractivity contribution is 5.86. The predicted molar refractivity (Wildman–Crippen MR) is 132 cm³/mol. The standard InChI is InChI=1S/C26H29N7O/c1-31-25-22(17-29-31)26(28-19-27-25)33-14-12-32(13-15-33)18-24(34)30-23(21-10-6-3-7-11-21)16-20-8-4-2-5-9-20/h2-11,17,19,23H,12-16,18H2,1H3,(H,30,34). The lowest BCUT2D eigenvalue weighted by Gasteiger charge is -2.35. The minimum Gasteiger partial charge on any atom is -0.353 e. The SMILES string of the molecule is Cn1ncc2c(N3CCN(CC(=O)NC(Cc4ccccc4)c4ccccc4)CC3)ncnc21. The molecule has 4 aromatic rings. The van der Waals surface area contributed by atoms with Crippen LogP contribution in [0.2, 0.25) is 0 Å². The average Bonchev–Trinajstić information content (AvgIpc) is 3.26. The summed E-state index contributed by atoms with van der Waals surface area (Å²) < 4.78 is 1.76. The first-order valence-corrected chi connectivity index (χ1v) is 11.7. The summed E-state index contributed by atoms with van der Waals surface area (Å²) in [6, 6.07) is 20.4. The molecule has 8 heteroatoms. The highest BCUT2D eigenvalue weighted by Crippen LogP contribution is 2.23. The quantitative estimate of drug-likeness (QED) is 0.462. The van der Waals surface area contributed by atoms with Gasteiger partial charge in [0.25, 0.3) is 0 Å². The number of carbonyl (C=O) groups is 1. The van der Waals surface area contributed by atoms with Crippen LogP contribution in [0.3, 0.4) is 0 Å². The number of piperazine rings is 1. The molecule has 34 heavy (non-hydrogen) atoms. The third-order valence-electron chi connectivity index (χ3n) is 6.37. The number of benzene rings is 2. The average molecular weight is 456 g/mol. The number of aromatic nitrogens is 4. The van der Waals surface area contributed by atoms with Gasteiger partial charge < -0.3 is 10.2 Å². The van der Waals surface area contributed by atoms with E-state index < -0.39 is 0 Å². The van der Waals surface area contributed by atoms with Crippen molar-refractivity contribution in [2.45, 2.75) is 12.5 Å².